The normalized spacial score (nSPS) is 10.5. The van der Waals surface area contributed by atoms with E-state index in [1.807, 2.05) is 49.4 Å². The predicted molar refractivity (Wildman–Crippen MR) is 122 cm³/mol. The number of aromatic nitrogens is 3. The van der Waals surface area contributed by atoms with Crippen molar-refractivity contribution in [1.82, 2.24) is 14.8 Å². The number of rotatable bonds is 9. The lowest BCUT2D eigenvalue weighted by atomic mass is 10.2. The highest BCUT2D eigenvalue weighted by Gasteiger charge is 2.14. The SMILES string of the molecule is CCOc1cc(C(=O)Nc2ccnn2Cc2ccccc2)ccc1OCc1ccncc1. The van der Waals surface area contributed by atoms with Crippen molar-refractivity contribution in [3.63, 3.8) is 0 Å². The predicted octanol–water partition coefficient (Wildman–Crippen LogP) is 4.56. The summed E-state index contributed by atoms with van der Waals surface area (Å²) in [5.74, 6) is 1.47. The molecule has 2 heterocycles. The summed E-state index contributed by atoms with van der Waals surface area (Å²) in [5.41, 5.74) is 2.56. The first-order valence-electron chi connectivity index (χ1n) is 10.4. The zero-order valence-corrected chi connectivity index (χ0v) is 17.8. The second-order valence-corrected chi connectivity index (χ2v) is 7.05. The molecule has 2 aromatic carbocycles. The van der Waals surface area contributed by atoms with Gasteiger partial charge in [0.1, 0.15) is 12.4 Å². The third kappa shape index (κ3) is 5.31. The molecule has 0 aliphatic carbocycles. The Kier molecular flexibility index (Phi) is 6.77. The van der Waals surface area contributed by atoms with Crippen LogP contribution in [-0.4, -0.2) is 27.3 Å². The van der Waals surface area contributed by atoms with Crippen LogP contribution in [0.15, 0.2) is 85.3 Å². The fourth-order valence-electron chi connectivity index (χ4n) is 3.19. The molecule has 1 amide bonds. The monoisotopic (exact) mass is 428 g/mol. The van der Waals surface area contributed by atoms with Gasteiger partial charge in [0.2, 0.25) is 0 Å². The van der Waals surface area contributed by atoms with Gasteiger partial charge < -0.3 is 14.8 Å². The summed E-state index contributed by atoms with van der Waals surface area (Å²) in [5, 5.41) is 7.26. The second kappa shape index (κ2) is 10.3. The molecule has 7 heteroatoms. The number of pyridine rings is 1. The first-order chi connectivity index (χ1) is 15.7. The average Bonchev–Trinajstić information content (AvgIpc) is 3.26. The van der Waals surface area contributed by atoms with E-state index in [2.05, 4.69) is 15.4 Å². The molecule has 0 unspecified atom stereocenters. The van der Waals surface area contributed by atoms with Gasteiger partial charge in [0, 0.05) is 24.0 Å². The molecule has 4 rings (SSSR count). The molecule has 0 radical (unpaired) electrons. The van der Waals surface area contributed by atoms with E-state index < -0.39 is 0 Å². The van der Waals surface area contributed by atoms with Crippen LogP contribution in [0.2, 0.25) is 0 Å². The van der Waals surface area contributed by atoms with Crippen molar-refractivity contribution in [2.24, 2.45) is 0 Å². The highest BCUT2D eigenvalue weighted by Crippen LogP contribution is 2.29. The van der Waals surface area contributed by atoms with Gasteiger partial charge in [-0.1, -0.05) is 30.3 Å². The zero-order chi connectivity index (χ0) is 22.2. The first kappa shape index (κ1) is 21.1. The number of nitrogens with zero attached hydrogens (tertiary/aromatic N) is 3. The van der Waals surface area contributed by atoms with E-state index in [0.717, 1.165) is 11.1 Å². The van der Waals surface area contributed by atoms with Crippen molar-refractivity contribution in [3.8, 4) is 11.5 Å². The molecular formula is C25H24N4O3. The van der Waals surface area contributed by atoms with Gasteiger partial charge in [0.05, 0.1) is 19.3 Å². The Labute approximate surface area is 186 Å². The van der Waals surface area contributed by atoms with E-state index >= 15 is 0 Å². The maximum Gasteiger partial charge on any atom is 0.256 e. The number of carbonyl (C=O) groups excluding carboxylic acids is 1. The first-order valence-corrected chi connectivity index (χ1v) is 10.4. The van der Waals surface area contributed by atoms with Gasteiger partial charge in [-0.25, -0.2) is 4.68 Å². The van der Waals surface area contributed by atoms with E-state index in [-0.39, 0.29) is 5.91 Å². The number of benzene rings is 2. The molecule has 0 aliphatic heterocycles. The number of amides is 1. The lowest BCUT2D eigenvalue weighted by Gasteiger charge is -2.14. The van der Waals surface area contributed by atoms with E-state index in [4.69, 9.17) is 9.47 Å². The van der Waals surface area contributed by atoms with Crippen molar-refractivity contribution in [3.05, 3.63) is 102 Å². The Hall–Kier alpha value is -4.13. The van der Waals surface area contributed by atoms with E-state index in [9.17, 15) is 4.79 Å². The van der Waals surface area contributed by atoms with Crippen LogP contribution in [0.4, 0.5) is 5.82 Å². The summed E-state index contributed by atoms with van der Waals surface area (Å²) in [6, 6.07) is 20.7. The molecular weight excluding hydrogens is 404 g/mol. The molecule has 2 aromatic heterocycles. The van der Waals surface area contributed by atoms with Crippen LogP contribution < -0.4 is 14.8 Å². The van der Waals surface area contributed by atoms with E-state index in [0.29, 0.717) is 42.6 Å². The third-order valence-electron chi connectivity index (χ3n) is 4.78. The van der Waals surface area contributed by atoms with Crippen molar-refractivity contribution in [2.45, 2.75) is 20.1 Å². The van der Waals surface area contributed by atoms with Gasteiger partial charge in [-0.15, -0.1) is 0 Å². The van der Waals surface area contributed by atoms with Gasteiger partial charge in [-0.05, 0) is 48.4 Å². The Morgan fingerprint density at radius 1 is 0.906 bits per heavy atom. The minimum Gasteiger partial charge on any atom is -0.490 e. The summed E-state index contributed by atoms with van der Waals surface area (Å²) >= 11 is 0. The van der Waals surface area contributed by atoms with Gasteiger partial charge >= 0.3 is 0 Å². The van der Waals surface area contributed by atoms with Crippen LogP contribution in [-0.2, 0) is 13.2 Å². The maximum absolute atomic E-state index is 12.9. The molecule has 0 saturated carbocycles. The largest absolute Gasteiger partial charge is 0.490 e. The molecule has 0 bridgehead atoms. The van der Waals surface area contributed by atoms with Gasteiger partial charge in [0.15, 0.2) is 11.5 Å². The Bertz CT molecular complexity index is 1160. The van der Waals surface area contributed by atoms with Crippen LogP contribution >= 0.6 is 0 Å². The molecule has 162 valence electrons. The Morgan fingerprint density at radius 2 is 1.72 bits per heavy atom. The molecule has 1 N–H and O–H groups in total. The van der Waals surface area contributed by atoms with Crippen molar-refractivity contribution in [2.75, 3.05) is 11.9 Å². The minimum atomic E-state index is -0.249. The van der Waals surface area contributed by atoms with Crippen LogP contribution in [0.3, 0.4) is 0 Å². The van der Waals surface area contributed by atoms with Gasteiger partial charge in [-0.2, -0.15) is 5.10 Å². The molecule has 7 nitrogen and oxygen atoms in total. The van der Waals surface area contributed by atoms with Gasteiger partial charge in [-0.3, -0.25) is 9.78 Å². The lowest BCUT2D eigenvalue weighted by Crippen LogP contribution is -2.16. The molecule has 0 fully saturated rings. The summed E-state index contributed by atoms with van der Waals surface area (Å²) in [7, 11) is 0. The fraction of sp³-hybridized carbons (Fsp3) is 0.160. The highest BCUT2D eigenvalue weighted by atomic mass is 16.5. The number of hydrogen-bond acceptors (Lipinski definition) is 5. The van der Waals surface area contributed by atoms with E-state index in [1.165, 1.54) is 0 Å². The molecule has 0 atom stereocenters. The second-order valence-electron chi connectivity index (χ2n) is 7.05. The molecule has 0 aliphatic rings. The summed E-state index contributed by atoms with van der Waals surface area (Å²) < 4.78 is 13.4. The summed E-state index contributed by atoms with van der Waals surface area (Å²) in [6.07, 6.45) is 5.11. The number of nitrogens with one attached hydrogen (secondary N) is 1. The standard InChI is InChI=1S/C25H24N4O3/c1-2-31-23-16-21(8-9-22(23)32-18-20-10-13-26-14-11-20)25(30)28-24-12-15-27-29(24)17-19-6-4-3-5-7-19/h3-16H,2,17-18H2,1H3,(H,28,30). The number of ether oxygens (including phenoxy) is 2. The summed E-state index contributed by atoms with van der Waals surface area (Å²) in [4.78, 5) is 16.9. The smallest absolute Gasteiger partial charge is 0.256 e. The number of carbonyl (C=O) groups is 1. The lowest BCUT2D eigenvalue weighted by molar-refractivity contribution is 0.102. The average molecular weight is 428 g/mol. The van der Waals surface area contributed by atoms with E-state index in [1.54, 1.807) is 47.5 Å². The fourth-order valence-corrected chi connectivity index (χ4v) is 3.19. The molecule has 0 saturated heterocycles. The highest BCUT2D eigenvalue weighted by molar-refractivity contribution is 6.04. The number of hydrogen-bond donors (Lipinski definition) is 1. The van der Waals surface area contributed by atoms with Crippen molar-refractivity contribution in [1.29, 1.82) is 0 Å². The molecule has 4 aromatic rings. The third-order valence-corrected chi connectivity index (χ3v) is 4.78. The molecule has 0 spiro atoms. The van der Waals surface area contributed by atoms with Crippen LogP contribution in [0.1, 0.15) is 28.4 Å². The van der Waals surface area contributed by atoms with Crippen molar-refractivity contribution >= 4 is 11.7 Å². The van der Waals surface area contributed by atoms with Gasteiger partial charge in [0.25, 0.3) is 5.91 Å². The Morgan fingerprint density at radius 3 is 2.50 bits per heavy atom. The quantitative estimate of drug-likeness (QED) is 0.423. The van der Waals surface area contributed by atoms with Crippen LogP contribution in [0.25, 0.3) is 0 Å². The number of anilines is 1. The topological polar surface area (TPSA) is 78.3 Å². The zero-order valence-electron chi connectivity index (χ0n) is 17.8. The van der Waals surface area contributed by atoms with Crippen LogP contribution in [0.5, 0.6) is 11.5 Å². The Balaban J connectivity index is 1.47. The maximum atomic E-state index is 12.9. The molecule has 32 heavy (non-hydrogen) atoms. The summed E-state index contributed by atoms with van der Waals surface area (Å²) in [6.45, 7) is 3.30. The van der Waals surface area contributed by atoms with Crippen LogP contribution in [0, 0.1) is 0 Å². The van der Waals surface area contributed by atoms with Crippen molar-refractivity contribution < 1.29 is 14.3 Å². The minimum absolute atomic E-state index is 0.249.